The number of ether oxygens (including phenoxy) is 1. The molecule has 2 aromatic rings. The van der Waals surface area contributed by atoms with Crippen molar-refractivity contribution in [3.63, 3.8) is 0 Å². The zero-order valence-corrected chi connectivity index (χ0v) is 10.6. The summed E-state index contributed by atoms with van der Waals surface area (Å²) in [5.41, 5.74) is 0.793. The van der Waals surface area contributed by atoms with Gasteiger partial charge in [-0.1, -0.05) is 41.4 Å². The quantitative estimate of drug-likeness (QED) is 0.773. The first-order chi connectivity index (χ1) is 8.25. The van der Waals surface area contributed by atoms with E-state index in [-0.39, 0.29) is 0 Å². The van der Waals surface area contributed by atoms with E-state index < -0.39 is 0 Å². The van der Waals surface area contributed by atoms with E-state index in [9.17, 15) is 0 Å². The van der Waals surface area contributed by atoms with E-state index in [1.165, 1.54) is 12.8 Å². The molecule has 1 aromatic carbocycles. The smallest absolute Gasteiger partial charge is 0.175 e. The molecular weight excluding hydrogens is 257 g/mol. The summed E-state index contributed by atoms with van der Waals surface area (Å²) in [5.74, 6) is 1.17. The molecule has 0 radical (unpaired) electrons. The van der Waals surface area contributed by atoms with E-state index in [4.69, 9.17) is 27.9 Å². The number of pyridine rings is 1. The molecule has 88 valence electrons. The average molecular weight is 268 g/mol. The number of nitrogens with zero attached hydrogens (tertiary/aromatic N) is 1. The van der Waals surface area contributed by atoms with Gasteiger partial charge < -0.3 is 4.74 Å². The second-order valence-corrected chi connectivity index (χ2v) is 5.05. The van der Waals surface area contributed by atoms with E-state index in [0.717, 1.165) is 10.9 Å². The van der Waals surface area contributed by atoms with Crippen LogP contribution >= 0.6 is 23.2 Å². The maximum absolute atomic E-state index is 6.30. The van der Waals surface area contributed by atoms with Gasteiger partial charge in [-0.2, -0.15) is 0 Å². The van der Waals surface area contributed by atoms with Crippen LogP contribution in [0, 0.1) is 5.92 Å². The van der Waals surface area contributed by atoms with Crippen LogP contribution in [0.2, 0.25) is 10.2 Å². The van der Waals surface area contributed by atoms with E-state index >= 15 is 0 Å². The summed E-state index contributed by atoms with van der Waals surface area (Å²) in [6.07, 6.45) is 2.46. The highest BCUT2D eigenvalue weighted by Gasteiger charge is 2.23. The lowest BCUT2D eigenvalue weighted by atomic mass is 10.2. The second kappa shape index (κ2) is 4.35. The molecule has 4 heteroatoms. The molecule has 1 fully saturated rings. The van der Waals surface area contributed by atoms with Crippen LogP contribution in [0.4, 0.5) is 0 Å². The SMILES string of the molecule is Clc1nc2ccccc2c(Cl)c1OCC1CC1. The summed E-state index contributed by atoms with van der Waals surface area (Å²) in [6, 6.07) is 7.64. The minimum Gasteiger partial charge on any atom is -0.488 e. The second-order valence-electron chi connectivity index (χ2n) is 4.32. The predicted molar refractivity (Wildman–Crippen MR) is 70.0 cm³/mol. The van der Waals surface area contributed by atoms with E-state index in [1.807, 2.05) is 24.3 Å². The van der Waals surface area contributed by atoms with Crippen molar-refractivity contribution in [2.45, 2.75) is 12.8 Å². The highest BCUT2D eigenvalue weighted by atomic mass is 35.5. The van der Waals surface area contributed by atoms with Gasteiger partial charge in [0.25, 0.3) is 0 Å². The highest BCUT2D eigenvalue weighted by molar-refractivity contribution is 6.40. The molecule has 1 aliphatic rings. The van der Waals surface area contributed by atoms with Crippen molar-refractivity contribution >= 4 is 34.1 Å². The first kappa shape index (κ1) is 11.1. The number of hydrogen-bond acceptors (Lipinski definition) is 2. The van der Waals surface area contributed by atoms with Crippen molar-refractivity contribution in [3.05, 3.63) is 34.4 Å². The van der Waals surface area contributed by atoms with E-state index in [0.29, 0.717) is 28.5 Å². The van der Waals surface area contributed by atoms with Crippen LogP contribution in [-0.2, 0) is 0 Å². The summed E-state index contributed by atoms with van der Waals surface area (Å²) in [6.45, 7) is 0.680. The first-order valence-corrected chi connectivity index (χ1v) is 6.38. The molecule has 17 heavy (non-hydrogen) atoms. The predicted octanol–water partition coefficient (Wildman–Crippen LogP) is 4.33. The van der Waals surface area contributed by atoms with Crippen molar-refractivity contribution in [2.24, 2.45) is 5.92 Å². The lowest BCUT2D eigenvalue weighted by molar-refractivity contribution is 0.299. The van der Waals surface area contributed by atoms with Crippen molar-refractivity contribution in [1.82, 2.24) is 4.98 Å². The van der Waals surface area contributed by atoms with Crippen LogP contribution < -0.4 is 4.74 Å². The highest BCUT2D eigenvalue weighted by Crippen LogP contribution is 2.38. The fourth-order valence-electron chi connectivity index (χ4n) is 1.73. The van der Waals surface area contributed by atoms with Crippen LogP contribution in [-0.4, -0.2) is 11.6 Å². The van der Waals surface area contributed by atoms with Crippen molar-refractivity contribution in [3.8, 4) is 5.75 Å². The van der Waals surface area contributed by atoms with Gasteiger partial charge in [0.2, 0.25) is 0 Å². The zero-order valence-electron chi connectivity index (χ0n) is 9.12. The summed E-state index contributed by atoms with van der Waals surface area (Å²) in [5, 5.41) is 1.78. The molecule has 0 atom stereocenters. The topological polar surface area (TPSA) is 22.1 Å². The number of rotatable bonds is 3. The molecule has 1 heterocycles. The van der Waals surface area contributed by atoms with Crippen molar-refractivity contribution in [2.75, 3.05) is 6.61 Å². The van der Waals surface area contributed by atoms with Gasteiger partial charge in [-0.3, -0.25) is 0 Å². The van der Waals surface area contributed by atoms with Gasteiger partial charge >= 0.3 is 0 Å². The summed E-state index contributed by atoms with van der Waals surface area (Å²) >= 11 is 12.4. The third kappa shape index (κ3) is 2.20. The first-order valence-electron chi connectivity index (χ1n) is 5.62. The third-order valence-electron chi connectivity index (χ3n) is 2.91. The van der Waals surface area contributed by atoms with Crippen LogP contribution in [0.3, 0.4) is 0 Å². The third-order valence-corrected chi connectivity index (χ3v) is 3.54. The molecule has 0 bridgehead atoms. The van der Waals surface area contributed by atoms with Crippen LogP contribution in [0.15, 0.2) is 24.3 Å². The van der Waals surface area contributed by atoms with Gasteiger partial charge in [-0.15, -0.1) is 0 Å². The Hall–Kier alpha value is -0.990. The molecular formula is C13H11Cl2NO. The zero-order chi connectivity index (χ0) is 11.8. The molecule has 3 rings (SSSR count). The summed E-state index contributed by atoms with van der Waals surface area (Å²) < 4.78 is 5.67. The Labute approximate surface area is 110 Å². The number of fused-ring (bicyclic) bond motifs is 1. The molecule has 0 N–H and O–H groups in total. The Kier molecular flexibility index (Phi) is 2.85. The molecule has 2 nitrogen and oxygen atoms in total. The maximum Gasteiger partial charge on any atom is 0.175 e. The maximum atomic E-state index is 6.30. The lowest BCUT2D eigenvalue weighted by Gasteiger charge is -2.10. The molecule has 0 amide bonds. The van der Waals surface area contributed by atoms with Gasteiger partial charge in [0, 0.05) is 5.39 Å². The normalized spacial score (nSPS) is 15.2. The number of benzene rings is 1. The van der Waals surface area contributed by atoms with Crippen LogP contribution in [0.5, 0.6) is 5.75 Å². The Balaban J connectivity index is 2.03. The minimum absolute atomic E-state index is 0.342. The lowest BCUT2D eigenvalue weighted by Crippen LogP contribution is -2.01. The average Bonchev–Trinajstić information content (AvgIpc) is 3.13. The number of para-hydroxylation sites is 1. The van der Waals surface area contributed by atoms with Crippen LogP contribution in [0.25, 0.3) is 10.9 Å². The van der Waals surface area contributed by atoms with Gasteiger partial charge in [0.15, 0.2) is 10.9 Å². The Morgan fingerprint density at radius 3 is 2.76 bits per heavy atom. The molecule has 1 aliphatic carbocycles. The summed E-state index contributed by atoms with van der Waals surface area (Å²) in [7, 11) is 0. The molecule has 0 unspecified atom stereocenters. The molecule has 0 saturated heterocycles. The monoisotopic (exact) mass is 267 g/mol. The molecule has 1 aromatic heterocycles. The van der Waals surface area contributed by atoms with Gasteiger partial charge in [-0.05, 0) is 24.8 Å². The van der Waals surface area contributed by atoms with Crippen LogP contribution in [0.1, 0.15) is 12.8 Å². The fraction of sp³-hybridized carbons (Fsp3) is 0.308. The van der Waals surface area contributed by atoms with E-state index in [1.54, 1.807) is 0 Å². The Bertz CT molecular complexity index is 567. The molecule has 0 spiro atoms. The van der Waals surface area contributed by atoms with E-state index in [2.05, 4.69) is 4.98 Å². The fourth-order valence-corrected chi connectivity index (χ4v) is 2.33. The van der Waals surface area contributed by atoms with Gasteiger partial charge in [-0.25, -0.2) is 4.98 Å². The van der Waals surface area contributed by atoms with Crippen molar-refractivity contribution < 1.29 is 4.74 Å². The molecule has 1 saturated carbocycles. The summed E-state index contributed by atoms with van der Waals surface area (Å²) in [4.78, 5) is 4.29. The molecule has 0 aliphatic heterocycles. The van der Waals surface area contributed by atoms with Gasteiger partial charge in [0.1, 0.15) is 0 Å². The van der Waals surface area contributed by atoms with Gasteiger partial charge in [0.05, 0.1) is 17.1 Å². The van der Waals surface area contributed by atoms with Crippen molar-refractivity contribution in [1.29, 1.82) is 0 Å². The largest absolute Gasteiger partial charge is 0.488 e. The Morgan fingerprint density at radius 1 is 1.24 bits per heavy atom. The standard InChI is InChI=1S/C13H11Cl2NO/c14-11-9-3-1-2-4-10(9)16-13(15)12(11)17-7-8-5-6-8/h1-4,8H,5-7H2. The number of hydrogen-bond donors (Lipinski definition) is 0. The Morgan fingerprint density at radius 2 is 2.00 bits per heavy atom. The number of aromatic nitrogens is 1. The number of halogens is 2. The minimum atomic E-state index is 0.342.